The van der Waals surface area contributed by atoms with Gasteiger partial charge in [0.1, 0.15) is 0 Å². The molecule has 0 amide bonds. The van der Waals surface area contributed by atoms with Gasteiger partial charge < -0.3 is 30.9 Å². The second-order valence-electron chi connectivity index (χ2n) is 9.77. The number of aromatic nitrogens is 3. The highest BCUT2D eigenvalue weighted by Gasteiger charge is 2.19. The van der Waals surface area contributed by atoms with E-state index in [2.05, 4.69) is 30.9 Å². The standard InChI is InChI=1S/C30H33Cl2FN6O3/c1-17(40)13-34-15-19-9-11-37-29(27(19)33)38-24-6-4-5-22(25(24)31)28-26(32)21(10-12-36-28)23-8-7-20(30(39-23)42-3)16-35-14-18(2)41/h4-12,17-18,34-35,40-41H,13-16H2,1-3H3,(H,37,38)/t17-,18+/m0/s1. The summed E-state index contributed by atoms with van der Waals surface area (Å²) in [5, 5.41) is 28.7. The van der Waals surface area contributed by atoms with Crippen LogP contribution in [0.5, 0.6) is 5.88 Å². The fraction of sp³-hybridized carbons (Fsp3) is 0.300. The molecule has 3 aromatic heterocycles. The van der Waals surface area contributed by atoms with Gasteiger partial charge in [-0.15, -0.1) is 0 Å². The molecule has 0 aliphatic carbocycles. The van der Waals surface area contributed by atoms with E-state index >= 15 is 4.39 Å². The minimum Gasteiger partial charge on any atom is -0.481 e. The van der Waals surface area contributed by atoms with Gasteiger partial charge in [0.25, 0.3) is 0 Å². The van der Waals surface area contributed by atoms with Crippen LogP contribution in [0.4, 0.5) is 15.9 Å². The summed E-state index contributed by atoms with van der Waals surface area (Å²) in [5.74, 6) is -0.0839. The number of rotatable bonds is 13. The zero-order valence-corrected chi connectivity index (χ0v) is 25.0. The van der Waals surface area contributed by atoms with Crippen LogP contribution in [0.1, 0.15) is 25.0 Å². The van der Waals surface area contributed by atoms with Crippen LogP contribution in [0.25, 0.3) is 22.5 Å². The van der Waals surface area contributed by atoms with Gasteiger partial charge in [-0.25, -0.2) is 14.4 Å². The summed E-state index contributed by atoms with van der Waals surface area (Å²) >= 11 is 13.7. The van der Waals surface area contributed by atoms with E-state index in [0.717, 1.165) is 5.56 Å². The lowest BCUT2D eigenvalue weighted by Gasteiger charge is -2.15. The van der Waals surface area contributed by atoms with Crippen LogP contribution in [0.3, 0.4) is 0 Å². The van der Waals surface area contributed by atoms with Crippen LogP contribution < -0.4 is 20.7 Å². The fourth-order valence-corrected chi connectivity index (χ4v) is 4.81. The smallest absolute Gasteiger partial charge is 0.218 e. The van der Waals surface area contributed by atoms with Gasteiger partial charge in [-0.05, 0) is 38.1 Å². The topological polar surface area (TPSA) is 124 Å². The van der Waals surface area contributed by atoms with Crippen LogP contribution in [-0.2, 0) is 13.1 Å². The van der Waals surface area contributed by atoms with E-state index in [4.69, 9.17) is 27.9 Å². The number of aliphatic hydroxyl groups excluding tert-OH is 2. The molecule has 0 unspecified atom stereocenters. The van der Waals surface area contributed by atoms with Crippen molar-refractivity contribution < 1.29 is 19.3 Å². The monoisotopic (exact) mass is 614 g/mol. The number of nitrogens with one attached hydrogen (secondary N) is 3. The molecule has 4 aromatic rings. The van der Waals surface area contributed by atoms with Crippen molar-refractivity contribution in [3.05, 3.63) is 81.8 Å². The first kappa shape index (κ1) is 31.6. The first-order valence-corrected chi connectivity index (χ1v) is 14.1. The number of hydrogen-bond donors (Lipinski definition) is 5. The van der Waals surface area contributed by atoms with Crippen molar-refractivity contribution in [3.63, 3.8) is 0 Å². The van der Waals surface area contributed by atoms with Gasteiger partial charge in [0.2, 0.25) is 5.88 Å². The van der Waals surface area contributed by atoms with Crippen molar-refractivity contribution in [1.29, 1.82) is 0 Å². The summed E-state index contributed by atoms with van der Waals surface area (Å²) in [6, 6.07) is 12.3. The number of hydrogen-bond acceptors (Lipinski definition) is 9. The molecule has 0 saturated heterocycles. The highest BCUT2D eigenvalue weighted by molar-refractivity contribution is 6.39. The first-order chi connectivity index (χ1) is 20.2. The van der Waals surface area contributed by atoms with Gasteiger partial charge in [-0.2, -0.15) is 0 Å². The highest BCUT2D eigenvalue weighted by atomic mass is 35.5. The number of aliphatic hydroxyl groups is 2. The molecule has 5 N–H and O–H groups in total. The van der Waals surface area contributed by atoms with Crippen molar-refractivity contribution in [2.24, 2.45) is 0 Å². The van der Waals surface area contributed by atoms with E-state index in [0.29, 0.717) is 64.3 Å². The van der Waals surface area contributed by atoms with E-state index in [-0.39, 0.29) is 17.4 Å². The molecule has 0 spiro atoms. The molecule has 0 aliphatic heterocycles. The maximum Gasteiger partial charge on any atom is 0.218 e. The molecule has 0 fully saturated rings. The Labute approximate surface area is 254 Å². The molecule has 9 nitrogen and oxygen atoms in total. The van der Waals surface area contributed by atoms with Gasteiger partial charge in [0.05, 0.1) is 46.4 Å². The molecule has 0 saturated carbocycles. The van der Waals surface area contributed by atoms with Gasteiger partial charge >= 0.3 is 0 Å². The number of benzene rings is 1. The predicted octanol–water partition coefficient (Wildman–Crippen LogP) is 5.34. The van der Waals surface area contributed by atoms with E-state index in [1.54, 1.807) is 57.5 Å². The van der Waals surface area contributed by atoms with Crippen LogP contribution in [0.2, 0.25) is 10.0 Å². The molecule has 3 heterocycles. The SMILES string of the molecule is COc1nc(-c2ccnc(-c3cccc(Nc4nccc(CNC[C@H](C)O)c4F)c3Cl)c2Cl)ccc1CNC[C@@H](C)O. The molecule has 0 bridgehead atoms. The Kier molecular flexibility index (Phi) is 11.0. The van der Waals surface area contributed by atoms with Crippen molar-refractivity contribution in [2.45, 2.75) is 39.1 Å². The molecular weight excluding hydrogens is 582 g/mol. The van der Waals surface area contributed by atoms with Crippen molar-refractivity contribution in [1.82, 2.24) is 25.6 Å². The van der Waals surface area contributed by atoms with E-state index in [1.165, 1.54) is 6.20 Å². The van der Waals surface area contributed by atoms with Gasteiger partial charge in [-0.3, -0.25) is 4.98 Å². The van der Waals surface area contributed by atoms with Crippen molar-refractivity contribution in [2.75, 3.05) is 25.5 Å². The lowest BCUT2D eigenvalue weighted by molar-refractivity contribution is 0.190. The quantitative estimate of drug-likeness (QED) is 0.136. The zero-order valence-electron chi connectivity index (χ0n) is 23.5. The second kappa shape index (κ2) is 14.7. The Morgan fingerprint density at radius 3 is 2.24 bits per heavy atom. The minimum atomic E-state index is -0.547. The summed E-state index contributed by atoms with van der Waals surface area (Å²) in [5.41, 5.74) is 3.82. The minimum absolute atomic E-state index is 0.0116. The predicted molar refractivity (Wildman–Crippen MR) is 164 cm³/mol. The van der Waals surface area contributed by atoms with Gasteiger partial charge in [0, 0.05) is 60.8 Å². The third-order valence-corrected chi connectivity index (χ3v) is 7.07. The van der Waals surface area contributed by atoms with Gasteiger partial charge in [-0.1, -0.05) is 41.4 Å². The lowest BCUT2D eigenvalue weighted by Crippen LogP contribution is -2.24. The Balaban J connectivity index is 1.61. The van der Waals surface area contributed by atoms with Gasteiger partial charge in [0.15, 0.2) is 11.6 Å². The Morgan fingerprint density at radius 2 is 1.55 bits per heavy atom. The molecule has 0 aliphatic rings. The molecule has 42 heavy (non-hydrogen) atoms. The maximum atomic E-state index is 15.2. The Bertz CT molecular complexity index is 1520. The summed E-state index contributed by atoms with van der Waals surface area (Å²) < 4.78 is 20.7. The number of pyridine rings is 3. The number of nitrogens with zero attached hydrogens (tertiary/aromatic N) is 3. The number of methoxy groups -OCH3 is 1. The van der Waals surface area contributed by atoms with Crippen molar-refractivity contribution >= 4 is 34.7 Å². The molecule has 1 aromatic carbocycles. The summed E-state index contributed by atoms with van der Waals surface area (Å²) in [4.78, 5) is 13.3. The Hall–Kier alpha value is -3.38. The third-order valence-electron chi connectivity index (χ3n) is 6.28. The molecule has 4 rings (SSSR count). The average molecular weight is 616 g/mol. The highest BCUT2D eigenvalue weighted by Crippen LogP contribution is 2.40. The number of halogens is 3. The first-order valence-electron chi connectivity index (χ1n) is 13.3. The summed E-state index contributed by atoms with van der Waals surface area (Å²) in [6.45, 7) is 4.83. The average Bonchev–Trinajstić information content (AvgIpc) is 2.96. The van der Waals surface area contributed by atoms with Crippen LogP contribution in [0.15, 0.2) is 54.9 Å². The molecular formula is C30H33Cl2FN6O3. The van der Waals surface area contributed by atoms with Crippen LogP contribution in [0, 0.1) is 5.82 Å². The van der Waals surface area contributed by atoms with E-state index < -0.39 is 18.0 Å². The molecule has 222 valence electrons. The number of anilines is 2. The summed E-state index contributed by atoms with van der Waals surface area (Å²) in [6.07, 6.45) is 2.10. The largest absolute Gasteiger partial charge is 0.481 e. The van der Waals surface area contributed by atoms with E-state index in [9.17, 15) is 10.2 Å². The molecule has 2 atom stereocenters. The second-order valence-corrected chi connectivity index (χ2v) is 10.5. The molecule has 12 heteroatoms. The third kappa shape index (κ3) is 7.71. The Morgan fingerprint density at radius 1 is 0.857 bits per heavy atom. The normalized spacial score (nSPS) is 12.7. The van der Waals surface area contributed by atoms with Crippen molar-refractivity contribution in [3.8, 4) is 28.4 Å². The fourth-order valence-electron chi connectivity index (χ4n) is 4.24. The van der Waals surface area contributed by atoms with Crippen LogP contribution >= 0.6 is 23.2 Å². The van der Waals surface area contributed by atoms with Crippen LogP contribution in [-0.4, -0.2) is 57.6 Å². The zero-order chi connectivity index (χ0) is 30.2. The molecule has 0 radical (unpaired) electrons. The van der Waals surface area contributed by atoms with E-state index in [1.807, 2.05) is 12.1 Å². The number of ether oxygens (including phenoxy) is 1. The lowest BCUT2D eigenvalue weighted by atomic mass is 10.1. The summed E-state index contributed by atoms with van der Waals surface area (Å²) in [7, 11) is 1.54. The maximum absolute atomic E-state index is 15.2.